The second-order valence-corrected chi connectivity index (χ2v) is 8.46. The molecule has 1 aliphatic rings. The van der Waals surface area contributed by atoms with Crippen LogP contribution in [0.3, 0.4) is 0 Å². The number of nitrogens with one attached hydrogen (secondary N) is 2. The van der Waals surface area contributed by atoms with E-state index in [1.807, 2.05) is 65.7 Å². The molecule has 0 saturated heterocycles. The normalized spacial score (nSPS) is 15.1. The summed E-state index contributed by atoms with van der Waals surface area (Å²) in [6.07, 6.45) is 4.27. The fourth-order valence-electron chi connectivity index (χ4n) is 4.98. The molecule has 0 radical (unpaired) electrons. The number of carbonyl (C=O) groups excluding carboxylic acids is 1. The summed E-state index contributed by atoms with van der Waals surface area (Å²) in [6.45, 7) is 0.500. The van der Waals surface area contributed by atoms with Crippen LogP contribution < -0.4 is 9.47 Å². The van der Waals surface area contributed by atoms with Crippen LogP contribution in [0.5, 0.6) is 11.5 Å². The summed E-state index contributed by atoms with van der Waals surface area (Å²) in [5.74, 6) is 2.02. The summed E-state index contributed by atoms with van der Waals surface area (Å²) in [6, 6.07) is 17.0. The molecular formula is C27H24N4O4. The maximum absolute atomic E-state index is 13.6. The van der Waals surface area contributed by atoms with Crippen LogP contribution in [0.15, 0.2) is 71.5 Å². The lowest BCUT2D eigenvalue weighted by Gasteiger charge is -2.27. The summed E-state index contributed by atoms with van der Waals surface area (Å²) in [7, 11) is 3.30. The molecule has 3 aromatic heterocycles. The first kappa shape index (κ1) is 21.1. The number of rotatable bonds is 7. The van der Waals surface area contributed by atoms with Crippen molar-refractivity contribution in [3.05, 3.63) is 89.4 Å². The van der Waals surface area contributed by atoms with E-state index in [-0.39, 0.29) is 11.9 Å². The minimum absolute atomic E-state index is 0.123. The van der Waals surface area contributed by atoms with E-state index < -0.39 is 0 Å². The molecule has 0 spiro atoms. The summed E-state index contributed by atoms with van der Waals surface area (Å²) in [5, 5.41) is 8.50. The molecule has 8 heteroatoms. The number of para-hydroxylation sites is 1. The highest BCUT2D eigenvalue weighted by Crippen LogP contribution is 2.45. The number of H-pyrrole nitrogens is 2. The van der Waals surface area contributed by atoms with Gasteiger partial charge >= 0.3 is 0 Å². The van der Waals surface area contributed by atoms with Gasteiger partial charge in [-0.2, -0.15) is 5.10 Å². The Kier molecular flexibility index (Phi) is 5.06. The highest BCUT2D eigenvalue weighted by Gasteiger charge is 2.43. The molecule has 176 valence electrons. The highest BCUT2D eigenvalue weighted by atomic mass is 16.5. The molecule has 0 saturated carbocycles. The second-order valence-electron chi connectivity index (χ2n) is 8.46. The first-order chi connectivity index (χ1) is 17.2. The van der Waals surface area contributed by atoms with E-state index in [1.165, 1.54) is 0 Å². The first-order valence-corrected chi connectivity index (χ1v) is 11.4. The molecule has 8 nitrogen and oxygen atoms in total. The molecule has 5 aromatic rings. The van der Waals surface area contributed by atoms with E-state index in [4.69, 9.17) is 13.9 Å². The van der Waals surface area contributed by atoms with Crippen LogP contribution >= 0.6 is 0 Å². The quantitative estimate of drug-likeness (QED) is 0.352. The van der Waals surface area contributed by atoms with Crippen LogP contribution in [0.2, 0.25) is 0 Å². The predicted octanol–water partition coefficient (Wildman–Crippen LogP) is 4.96. The minimum Gasteiger partial charge on any atom is -0.497 e. The maximum Gasteiger partial charge on any atom is 0.275 e. The van der Waals surface area contributed by atoms with E-state index in [0.29, 0.717) is 35.9 Å². The third-order valence-corrected chi connectivity index (χ3v) is 6.65. The highest BCUT2D eigenvalue weighted by molar-refractivity contribution is 6.00. The Balaban J connectivity index is 1.41. The fraction of sp³-hybridized carbons (Fsp3) is 0.185. The zero-order chi connectivity index (χ0) is 23.9. The molecule has 1 amide bonds. The average molecular weight is 469 g/mol. The van der Waals surface area contributed by atoms with Crippen LogP contribution in [-0.4, -0.2) is 46.8 Å². The lowest BCUT2D eigenvalue weighted by atomic mass is 9.97. The summed E-state index contributed by atoms with van der Waals surface area (Å²) < 4.78 is 16.8. The van der Waals surface area contributed by atoms with Gasteiger partial charge in [-0.05, 0) is 48.4 Å². The lowest BCUT2D eigenvalue weighted by Crippen LogP contribution is -2.31. The van der Waals surface area contributed by atoms with Crippen molar-refractivity contribution in [1.82, 2.24) is 20.1 Å². The Morgan fingerprint density at radius 2 is 1.97 bits per heavy atom. The van der Waals surface area contributed by atoms with E-state index >= 15 is 0 Å². The van der Waals surface area contributed by atoms with Crippen molar-refractivity contribution in [3.8, 4) is 23.0 Å². The molecule has 0 fully saturated rings. The SMILES string of the molecule is COc1ccc2[nH]cc(CCN3C(=O)c4n[nH]c(-c5ccco5)c4[C@@H]3c3ccccc3OC)c2c1. The third-order valence-electron chi connectivity index (χ3n) is 6.65. The number of carbonyl (C=O) groups is 1. The van der Waals surface area contributed by atoms with Gasteiger partial charge in [0.1, 0.15) is 17.2 Å². The van der Waals surface area contributed by atoms with E-state index in [0.717, 1.165) is 33.3 Å². The van der Waals surface area contributed by atoms with Crippen molar-refractivity contribution in [1.29, 1.82) is 0 Å². The summed E-state index contributed by atoms with van der Waals surface area (Å²) in [5.41, 5.74) is 4.96. The third kappa shape index (κ3) is 3.37. The summed E-state index contributed by atoms with van der Waals surface area (Å²) >= 11 is 0. The van der Waals surface area contributed by atoms with Gasteiger partial charge in [-0.15, -0.1) is 0 Å². The van der Waals surface area contributed by atoms with Gasteiger partial charge in [0.25, 0.3) is 5.91 Å². The molecule has 2 N–H and O–H groups in total. The van der Waals surface area contributed by atoms with Gasteiger partial charge in [0.2, 0.25) is 0 Å². The largest absolute Gasteiger partial charge is 0.497 e. The van der Waals surface area contributed by atoms with Crippen molar-refractivity contribution >= 4 is 16.8 Å². The standard InChI is InChI=1S/C27H24N4O4/c1-33-17-9-10-20-19(14-17)16(15-28-20)11-12-31-26(18-6-3-4-7-21(18)34-2)23-24(22-8-5-13-35-22)29-30-25(23)27(31)32/h3-10,13-15,26,28H,11-12H2,1-2H3,(H,29,30)/t26-/m0/s1. The van der Waals surface area contributed by atoms with Crippen LogP contribution in [0.25, 0.3) is 22.4 Å². The predicted molar refractivity (Wildman–Crippen MR) is 131 cm³/mol. The number of amides is 1. The number of ether oxygens (including phenoxy) is 2. The molecule has 0 bridgehead atoms. The van der Waals surface area contributed by atoms with Crippen molar-refractivity contribution in [2.45, 2.75) is 12.5 Å². The Labute approximate surface area is 201 Å². The number of aromatic nitrogens is 3. The lowest BCUT2D eigenvalue weighted by molar-refractivity contribution is 0.0744. The monoisotopic (exact) mass is 468 g/mol. The molecular weight excluding hydrogens is 444 g/mol. The van der Waals surface area contributed by atoms with Crippen molar-refractivity contribution in [3.63, 3.8) is 0 Å². The van der Waals surface area contributed by atoms with Gasteiger partial charge < -0.3 is 23.8 Å². The topological polar surface area (TPSA) is 96.4 Å². The van der Waals surface area contributed by atoms with Crippen molar-refractivity contribution in [2.24, 2.45) is 0 Å². The van der Waals surface area contributed by atoms with Gasteiger partial charge in [-0.25, -0.2) is 0 Å². The van der Waals surface area contributed by atoms with Gasteiger partial charge in [-0.1, -0.05) is 18.2 Å². The number of benzene rings is 2. The van der Waals surface area contributed by atoms with Gasteiger partial charge in [-0.3, -0.25) is 9.89 Å². The smallest absolute Gasteiger partial charge is 0.275 e. The van der Waals surface area contributed by atoms with Crippen LogP contribution in [0, 0.1) is 0 Å². The molecule has 2 aromatic carbocycles. The molecule has 6 rings (SSSR count). The Morgan fingerprint density at radius 3 is 2.77 bits per heavy atom. The van der Waals surface area contributed by atoms with E-state index in [2.05, 4.69) is 15.2 Å². The zero-order valence-electron chi connectivity index (χ0n) is 19.4. The number of aromatic amines is 2. The molecule has 0 unspecified atom stereocenters. The van der Waals surface area contributed by atoms with Crippen molar-refractivity contribution < 1.29 is 18.7 Å². The number of hydrogen-bond donors (Lipinski definition) is 2. The summed E-state index contributed by atoms with van der Waals surface area (Å²) in [4.78, 5) is 18.8. The first-order valence-electron chi connectivity index (χ1n) is 11.4. The molecule has 35 heavy (non-hydrogen) atoms. The van der Waals surface area contributed by atoms with Crippen LogP contribution in [-0.2, 0) is 6.42 Å². The Hall–Kier alpha value is -4.46. The number of methoxy groups -OCH3 is 2. The Bertz CT molecular complexity index is 1520. The van der Waals surface area contributed by atoms with Gasteiger partial charge in [0, 0.05) is 34.8 Å². The molecule has 0 aliphatic carbocycles. The number of nitrogens with zero attached hydrogens (tertiary/aromatic N) is 2. The number of fused-ring (bicyclic) bond motifs is 2. The van der Waals surface area contributed by atoms with Gasteiger partial charge in [0.15, 0.2) is 11.5 Å². The van der Waals surface area contributed by atoms with Crippen LogP contribution in [0.1, 0.15) is 33.2 Å². The van der Waals surface area contributed by atoms with Gasteiger partial charge in [0.05, 0.1) is 26.5 Å². The average Bonchev–Trinajstić information content (AvgIpc) is 3.68. The fourth-order valence-corrected chi connectivity index (χ4v) is 4.98. The van der Waals surface area contributed by atoms with E-state index in [9.17, 15) is 4.79 Å². The number of hydrogen-bond acceptors (Lipinski definition) is 5. The minimum atomic E-state index is -0.368. The molecule has 1 aliphatic heterocycles. The molecule has 4 heterocycles. The number of furan rings is 1. The second kappa shape index (κ2) is 8.39. The van der Waals surface area contributed by atoms with Crippen molar-refractivity contribution in [2.75, 3.05) is 20.8 Å². The maximum atomic E-state index is 13.6. The van der Waals surface area contributed by atoms with E-state index in [1.54, 1.807) is 20.5 Å². The molecule has 1 atom stereocenters. The Morgan fingerprint density at radius 1 is 1.09 bits per heavy atom. The van der Waals surface area contributed by atoms with Crippen LogP contribution in [0.4, 0.5) is 0 Å². The zero-order valence-corrected chi connectivity index (χ0v) is 19.4.